The molecule has 0 amide bonds. The Balaban J connectivity index is 0.000000318. The standard InChI is InChI=1S/C17H21NO.C11H14.C8H12/c1-6-7-8-15(13(4)19-5)14-9-10-17(18)16(11-14)12(2)3;1-8(2)11-6-5-9(3)10(4)7-11;1-3-8-5-4-7(2)6-8/h6-11H,2,4,18H2,1,3,5H3;5-7H,1H2,2-4H3;4-5H,3,6H2,1-2H3/b7-6-,15-8+;;. The molecule has 202 valence electrons. The van der Waals surface area contributed by atoms with E-state index in [0.29, 0.717) is 5.76 Å². The van der Waals surface area contributed by atoms with Gasteiger partial charge in [0.1, 0.15) is 5.76 Å². The SMILES string of the molecule is C=C(C)c1ccc(C)c(C)c1.C=C(OC)/C(=C\C=C/C)c1ccc(N)c(C(=C)C)c1.CCC1=CC=C(C)C1. The van der Waals surface area contributed by atoms with Crippen LogP contribution in [0.1, 0.15) is 75.3 Å². The molecule has 0 heterocycles. The van der Waals surface area contributed by atoms with E-state index in [2.05, 4.69) is 77.8 Å². The molecule has 38 heavy (non-hydrogen) atoms. The molecule has 2 aromatic rings. The summed E-state index contributed by atoms with van der Waals surface area (Å²) in [7, 11) is 1.61. The van der Waals surface area contributed by atoms with E-state index in [-0.39, 0.29) is 0 Å². The van der Waals surface area contributed by atoms with Gasteiger partial charge in [0, 0.05) is 16.8 Å². The Hall–Kier alpha value is -3.78. The van der Waals surface area contributed by atoms with E-state index < -0.39 is 0 Å². The number of nitrogen functional groups attached to an aromatic ring is 1. The minimum atomic E-state index is 0.621. The van der Waals surface area contributed by atoms with Crippen molar-refractivity contribution in [3.63, 3.8) is 0 Å². The summed E-state index contributed by atoms with van der Waals surface area (Å²) in [6.07, 6.45) is 12.8. The van der Waals surface area contributed by atoms with Crippen molar-refractivity contribution < 1.29 is 4.74 Å². The van der Waals surface area contributed by atoms with Crippen LogP contribution < -0.4 is 5.73 Å². The number of benzene rings is 2. The lowest BCUT2D eigenvalue weighted by Gasteiger charge is -2.13. The second-order valence-corrected chi connectivity index (χ2v) is 9.76. The molecule has 2 aromatic carbocycles. The molecule has 3 rings (SSSR count). The first-order valence-electron chi connectivity index (χ1n) is 13.1. The van der Waals surface area contributed by atoms with E-state index in [1.807, 2.05) is 57.2 Å². The molecule has 1 aliphatic rings. The molecule has 2 N–H and O–H groups in total. The van der Waals surface area contributed by atoms with Crippen LogP contribution in [0.25, 0.3) is 16.7 Å². The van der Waals surface area contributed by atoms with Crippen LogP contribution in [0.15, 0.2) is 103 Å². The van der Waals surface area contributed by atoms with Gasteiger partial charge in [-0.05, 0) is 94.3 Å². The van der Waals surface area contributed by atoms with Crippen molar-refractivity contribution in [3.8, 4) is 0 Å². The Morgan fingerprint density at radius 3 is 2.03 bits per heavy atom. The number of methoxy groups -OCH3 is 1. The average Bonchev–Trinajstić information content (AvgIpc) is 3.32. The zero-order valence-electron chi connectivity index (χ0n) is 24.9. The summed E-state index contributed by atoms with van der Waals surface area (Å²) in [4.78, 5) is 0. The van der Waals surface area contributed by atoms with Crippen LogP contribution in [0.3, 0.4) is 0 Å². The Kier molecular flexibility index (Phi) is 13.7. The zero-order valence-corrected chi connectivity index (χ0v) is 24.9. The van der Waals surface area contributed by atoms with E-state index in [9.17, 15) is 0 Å². The normalized spacial score (nSPS) is 12.5. The molecular formula is C36H47NO. The van der Waals surface area contributed by atoms with Crippen molar-refractivity contribution in [1.82, 2.24) is 0 Å². The molecule has 0 spiro atoms. The van der Waals surface area contributed by atoms with Crippen molar-refractivity contribution in [2.45, 2.75) is 61.3 Å². The molecule has 2 heteroatoms. The molecule has 0 saturated heterocycles. The maximum absolute atomic E-state index is 5.95. The fraction of sp³-hybridized carbons (Fsp3) is 0.278. The van der Waals surface area contributed by atoms with Crippen molar-refractivity contribution in [1.29, 1.82) is 0 Å². The lowest BCUT2D eigenvalue weighted by atomic mass is 9.97. The van der Waals surface area contributed by atoms with Gasteiger partial charge in [-0.25, -0.2) is 0 Å². The van der Waals surface area contributed by atoms with Crippen molar-refractivity contribution in [3.05, 3.63) is 131 Å². The third kappa shape index (κ3) is 10.3. The number of rotatable bonds is 7. The van der Waals surface area contributed by atoms with Gasteiger partial charge < -0.3 is 10.5 Å². The third-order valence-electron chi connectivity index (χ3n) is 6.39. The van der Waals surface area contributed by atoms with Crippen LogP contribution in [0.2, 0.25) is 0 Å². The van der Waals surface area contributed by atoms with Gasteiger partial charge >= 0.3 is 0 Å². The Labute approximate surface area is 232 Å². The molecule has 0 bridgehead atoms. The molecule has 0 saturated carbocycles. The average molecular weight is 510 g/mol. The number of nitrogens with two attached hydrogens (primary N) is 1. The topological polar surface area (TPSA) is 35.2 Å². The predicted octanol–water partition coefficient (Wildman–Crippen LogP) is 10.4. The summed E-state index contributed by atoms with van der Waals surface area (Å²) in [5.74, 6) is 0.621. The van der Waals surface area contributed by atoms with Gasteiger partial charge in [-0.2, -0.15) is 0 Å². The summed E-state index contributed by atoms with van der Waals surface area (Å²) in [6, 6.07) is 12.3. The first-order valence-corrected chi connectivity index (χ1v) is 13.1. The molecule has 0 aliphatic heterocycles. The molecule has 2 nitrogen and oxygen atoms in total. The highest BCUT2D eigenvalue weighted by molar-refractivity contribution is 5.82. The number of hydrogen-bond acceptors (Lipinski definition) is 2. The first-order chi connectivity index (χ1) is 17.9. The summed E-state index contributed by atoms with van der Waals surface area (Å²) in [5.41, 5.74) is 18.6. The van der Waals surface area contributed by atoms with Crippen molar-refractivity contribution in [2.75, 3.05) is 12.8 Å². The minimum absolute atomic E-state index is 0.621. The monoisotopic (exact) mass is 509 g/mol. The van der Waals surface area contributed by atoms with Crippen LogP contribution >= 0.6 is 0 Å². The Bertz CT molecular complexity index is 1260. The molecule has 1 aliphatic carbocycles. The molecule has 0 unspecified atom stereocenters. The van der Waals surface area contributed by atoms with Crippen LogP contribution in [-0.4, -0.2) is 7.11 Å². The molecule has 0 aromatic heterocycles. The second-order valence-electron chi connectivity index (χ2n) is 9.76. The quantitative estimate of drug-likeness (QED) is 0.229. The third-order valence-corrected chi connectivity index (χ3v) is 6.39. The van der Waals surface area contributed by atoms with Crippen molar-refractivity contribution in [2.24, 2.45) is 0 Å². The van der Waals surface area contributed by atoms with Crippen LogP contribution in [0, 0.1) is 13.8 Å². The lowest BCUT2D eigenvalue weighted by molar-refractivity contribution is 0.313. The minimum Gasteiger partial charge on any atom is -0.497 e. The van der Waals surface area contributed by atoms with Crippen LogP contribution in [0.5, 0.6) is 0 Å². The van der Waals surface area contributed by atoms with E-state index in [0.717, 1.165) is 33.5 Å². The van der Waals surface area contributed by atoms with Gasteiger partial charge in [-0.3, -0.25) is 0 Å². The zero-order chi connectivity index (χ0) is 28.8. The van der Waals surface area contributed by atoms with Crippen LogP contribution in [0.4, 0.5) is 5.69 Å². The smallest absolute Gasteiger partial charge is 0.119 e. The molecule has 0 fully saturated rings. The number of anilines is 1. The number of aryl methyl sites for hydroxylation is 2. The van der Waals surface area contributed by atoms with Gasteiger partial charge in [0.2, 0.25) is 0 Å². The highest BCUT2D eigenvalue weighted by Gasteiger charge is 2.09. The lowest BCUT2D eigenvalue weighted by Crippen LogP contribution is -1.96. The molecule has 0 atom stereocenters. The van der Waals surface area contributed by atoms with Gasteiger partial charge in [0.15, 0.2) is 0 Å². The summed E-state index contributed by atoms with van der Waals surface area (Å²) in [6.45, 7) is 26.3. The maximum atomic E-state index is 5.95. The summed E-state index contributed by atoms with van der Waals surface area (Å²) >= 11 is 0. The highest BCUT2D eigenvalue weighted by atomic mass is 16.5. The summed E-state index contributed by atoms with van der Waals surface area (Å²) < 4.78 is 5.24. The maximum Gasteiger partial charge on any atom is 0.119 e. The fourth-order valence-electron chi connectivity index (χ4n) is 3.73. The number of hydrogen-bond donors (Lipinski definition) is 1. The van der Waals surface area contributed by atoms with E-state index in [1.54, 1.807) is 12.7 Å². The Morgan fingerprint density at radius 2 is 1.58 bits per heavy atom. The van der Waals surface area contributed by atoms with Gasteiger partial charge in [-0.15, -0.1) is 0 Å². The fourth-order valence-corrected chi connectivity index (χ4v) is 3.73. The number of ether oxygens (including phenoxy) is 1. The van der Waals surface area contributed by atoms with Gasteiger partial charge in [0.25, 0.3) is 0 Å². The van der Waals surface area contributed by atoms with Gasteiger partial charge in [-0.1, -0.05) is 98.0 Å². The van der Waals surface area contributed by atoms with Crippen LogP contribution in [-0.2, 0) is 4.74 Å². The van der Waals surface area contributed by atoms with E-state index in [4.69, 9.17) is 10.5 Å². The first kappa shape index (κ1) is 32.2. The molecular weight excluding hydrogens is 462 g/mol. The van der Waals surface area contributed by atoms with Crippen molar-refractivity contribution >= 4 is 22.4 Å². The van der Waals surface area contributed by atoms with E-state index in [1.165, 1.54) is 35.1 Å². The Morgan fingerprint density at radius 1 is 0.921 bits per heavy atom. The predicted molar refractivity (Wildman–Crippen MR) is 172 cm³/mol. The van der Waals surface area contributed by atoms with E-state index >= 15 is 0 Å². The summed E-state index contributed by atoms with van der Waals surface area (Å²) in [5, 5.41) is 0. The second kappa shape index (κ2) is 16.1. The highest BCUT2D eigenvalue weighted by Crippen LogP contribution is 2.28. The molecule has 0 radical (unpaired) electrons. The largest absolute Gasteiger partial charge is 0.497 e. The number of allylic oxidation sites excluding steroid dienone is 10. The van der Waals surface area contributed by atoms with Gasteiger partial charge in [0.05, 0.1) is 7.11 Å².